The highest BCUT2D eigenvalue weighted by atomic mass is 16.5. The Kier molecular flexibility index (Phi) is 2.83. The van der Waals surface area contributed by atoms with E-state index >= 15 is 0 Å². The van der Waals surface area contributed by atoms with Gasteiger partial charge >= 0.3 is 0 Å². The third kappa shape index (κ3) is 1.79. The van der Waals surface area contributed by atoms with Crippen LogP contribution in [0.3, 0.4) is 0 Å². The van der Waals surface area contributed by atoms with E-state index < -0.39 is 0 Å². The van der Waals surface area contributed by atoms with Crippen molar-refractivity contribution in [3.05, 3.63) is 35.4 Å². The summed E-state index contributed by atoms with van der Waals surface area (Å²) in [4.78, 5) is 0. The molecule has 1 aromatic carbocycles. The highest BCUT2D eigenvalue weighted by Crippen LogP contribution is 2.21. The summed E-state index contributed by atoms with van der Waals surface area (Å²) in [5.74, 6) is 2.69. The van der Waals surface area contributed by atoms with Crippen molar-refractivity contribution in [3.63, 3.8) is 0 Å². The minimum Gasteiger partial charge on any atom is -0.371 e. The topological polar surface area (TPSA) is 21.3 Å². The fourth-order valence-electron chi connectivity index (χ4n) is 1.67. The molecule has 1 aliphatic rings. The molecule has 0 spiro atoms. The van der Waals surface area contributed by atoms with E-state index in [4.69, 9.17) is 11.2 Å². The number of nitrogens with one attached hydrogen (secondary N) is 1. The largest absolute Gasteiger partial charge is 0.371 e. The van der Waals surface area contributed by atoms with Crippen molar-refractivity contribution in [2.45, 2.75) is 6.10 Å². The van der Waals surface area contributed by atoms with Gasteiger partial charge in [0.05, 0.1) is 12.7 Å². The number of terminal acetylenes is 1. The van der Waals surface area contributed by atoms with E-state index in [0.29, 0.717) is 0 Å². The highest BCUT2D eigenvalue weighted by Gasteiger charge is 2.17. The van der Waals surface area contributed by atoms with Gasteiger partial charge in [-0.2, -0.15) is 0 Å². The summed E-state index contributed by atoms with van der Waals surface area (Å²) in [6.07, 6.45) is 5.54. The van der Waals surface area contributed by atoms with E-state index in [1.54, 1.807) is 0 Å². The normalized spacial score (nSPS) is 21.5. The van der Waals surface area contributed by atoms with Crippen LogP contribution in [0, 0.1) is 12.3 Å². The summed E-state index contributed by atoms with van der Waals surface area (Å²) in [5.41, 5.74) is 2.04. The molecule has 0 saturated carbocycles. The van der Waals surface area contributed by atoms with Gasteiger partial charge in [-0.3, -0.25) is 0 Å². The van der Waals surface area contributed by atoms with Crippen LogP contribution in [0.4, 0.5) is 0 Å². The van der Waals surface area contributed by atoms with E-state index in [0.717, 1.165) is 30.8 Å². The first-order valence-corrected chi connectivity index (χ1v) is 4.79. The van der Waals surface area contributed by atoms with Crippen LogP contribution in [0.25, 0.3) is 0 Å². The van der Waals surface area contributed by atoms with Crippen molar-refractivity contribution in [2.24, 2.45) is 0 Å². The molecule has 1 saturated heterocycles. The second kappa shape index (κ2) is 4.28. The van der Waals surface area contributed by atoms with Gasteiger partial charge in [-0.25, -0.2) is 0 Å². The SMILES string of the molecule is C#Cc1ccccc1C1CNCCO1. The Bertz CT molecular complexity index is 348. The molecule has 0 bridgehead atoms. The minimum absolute atomic E-state index is 0.107. The minimum atomic E-state index is 0.107. The number of morpholine rings is 1. The van der Waals surface area contributed by atoms with Crippen LogP contribution < -0.4 is 5.32 Å². The fourth-order valence-corrected chi connectivity index (χ4v) is 1.67. The number of hydrogen-bond acceptors (Lipinski definition) is 2. The van der Waals surface area contributed by atoms with Gasteiger partial charge in [0, 0.05) is 18.7 Å². The van der Waals surface area contributed by atoms with Gasteiger partial charge in [0.2, 0.25) is 0 Å². The third-order valence-corrected chi connectivity index (χ3v) is 2.39. The maximum atomic E-state index is 5.65. The molecule has 14 heavy (non-hydrogen) atoms. The Labute approximate surface area is 84.3 Å². The quantitative estimate of drug-likeness (QED) is 0.670. The van der Waals surface area contributed by atoms with Crippen LogP contribution in [0.1, 0.15) is 17.2 Å². The summed E-state index contributed by atoms with van der Waals surface area (Å²) in [5, 5.41) is 3.29. The van der Waals surface area contributed by atoms with Gasteiger partial charge in [-0.1, -0.05) is 24.1 Å². The molecule has 1 aliphatic heterocycles. The first kappa shape index (κ1) is 9.26. The molecule has 1 heterocycles. The maximum absolute atomic E-state index is 5.65. The first-order chi connectivity index (χ1) is 6.92. The summed E-state index contributed by atoms with van der Waals surface area (Å²) < 4.78 is 5.65. The van der Waals surface area contributed by atoms with Gasteiger partial charge in [0.25, 0.3) is 0 Å². The maximum Gasteiger partial charge on any atom is 0.0961 e. The van der Waals surface area contributed by atoms with Crippen LogP contribution in [-0.4, -0.2) is 19.7 Å². The van der Waals surface area contributed by atoms with E-state index in [-0.39, 0.29) is 6.10 Å². The molecule has 1 unspecified atom stereocenters. The van der Waals surface area contributed by atoms with Crippen LogP contribution in [0.5, 0.6) is 0 Å². The van der Waals surface area contributed by atoms with Gasteiger partial charge in [-0.05, 0) is 11.6 Å². The van der Waals surface area contributed by atoms with E-state index in [1.165, 1.54) is 0 Å². The molecule has 1 aromatic rings. The molecule has 2 nitrogen and oxygen atoms in total. The zero-order valence-electron chi connectivity index (χ0n) is 7.99. The summed E-state index contributed by atoms with van der Waals surface area (Å²) in [6, 6.07) is 7.93. The first-order valence-electron chi connectivity index (χ1n) is 4.79. The van der Waals surface area contributed by atoms with Gasteiger partial charge in [0.15, 0.2) is 0 Å². The Balaban J connectivity index is 2.26. The molecule has 0 aliphatic carbocycles. The average Bonchev–Trinajstić information content (AvgIpc) is 2.30. The Morgan fingerprint density at radius 2 is 2.29 bits per heavy atom. The molecule has 2 heteroatoms. The zero-order valence-corrected chi connectivity index (χ0v) is 7.99. The Hall–Kier alpha value is -1.30. The zero-order chi connectivity index (χ0) is 9.80. The molecular formula is C12H13NO. The second-order valence-corrected chi connectivity index (χ2v) is 3.30. The van der Waals surface area contributed by atoms with Crippen LogP contribution in [0.2, 0.25) is 0 Å². The monoisotopic (exact) mass is 187 g/mol. The van der Waals surface area contributed by atoms with Crippen LogP contribution in [0.15, 0.2) is 24.3 Å². The number of ether oxygens (including phenoxy) is 1. The number of benzene rings is 1. The lowest BCUT2D eigenvalue weighted by Crippen LogP contribution is -2.33. The molecular weight excluding hydrogens is 174 g/mol. The molecule has 1 atom stereocenters. The van der Waals surface area contributed by atoms with Crippen LogP contribution in [-0.2, 0) is 4.74 Å². The van der Waals surface area contributed by atoms with Crippen LogP contribution >= 0.6 is 0 Å². The summed E-state index contributed by atoms with van der Waals surface area (Å²) in [7, 11) is 0. The smallest absolute Gasteiger partial charge is 0.0961 e. The molecule has 1 N–H and O–H groups in total. The molecule has 72 valence electrons. The number of hydrogen-bond donors (Lipinski definition) is 1. The predicted molar refractivity (Wildman–Crippen MR) is 55.9 cm³/mol. The standard InChI is InChI=1S/C12H13NO/c1-2-10-5-3-4-6-11(10)12-9-13-7-8-14-12/h1,3-6,12-13H,7-9H2. The molecule has 0 radical (unpaired) electrons. The van der Waals surface area contributed by atoms with Crippen molar-refractivity contribution < 1.29 is 4.74 Å². The van der Waals surface area contributed by atoms with Gasteiger partial charge in [-0.15, -0.1) is 6.42 Å². The van der Waals surface area contributed by atoms with E-state index in [2.05, 4.69) is 11.2 Å². The van der Waals surface area contributed by atoms with Crippen molar-refractivity contribution in [1.29, 1.82) is 0 Å². The lowest BCUT2D eigenvalue weighted by atomic mass is 10.0. The summed E-state index contributed by atoms with van der Waals surface area (Å²) >= 11 is 0. The number of rotatable bonds is 1. The third-order valence-electron chi connectivity index (χ3n) is 2.39. The van der Waals surface area contributed by atoms with E-state index in [9.17, 15) is 0 Å². The Morgan fingerprint density at radius 3 is 3.00 bits per heavy atom. The van der Waals surface area contributed by atoms with Gasteiger partial charge < -0.3 is 10.1 Å². The van der Waals surface area contributed by atoms with Crippen molar-refractivity contribution in [2.75, 3.05) is 19.7 Å². The highest BCUT2D eigenvalue weighted by molar-refractivity contribution is 5.41. The Morgan fingerprint density at radius 1 is 1.43 bits per heavy atom. The average molecular weight is 187 g/mol. The molecule has 2 rings (SSSR count). The molecule has 0 amide bonds. The van der Waals surface area contributed by atoms with Crippen molar-refractivity contribution in [1.82, 2.24) is 5.32 Å². The second-order valence-electron chi connectivity index (χ2n) is 3.30. The van der Waals surface area contributed by atoms with Crippen molar-refractivity contribution >= 4 is 0 Å². The fraction of sp³-hybridized carbons (Fsp3) is 0.333. The van der Waals surface area contributed by atoms with Crippen molar-refractivity contribution in [3.8, 4) is 12.3 Å². The predicted octanol–water partition coefficient (Wildman–Crippen LogP) is 1.33. The molecule has 0 aromatic heterocycles. The lowest BCUT2D eigenvalue weighted by Gasteiger charge is -2.24. The molecule has 1 fully saturated rings. The van der Waals surface area contributed by atoms with Gasteiger partial charge in [0.1, 0.15) is 0 Å². The summed E-state index contributed by atoms with van der Waals surface area (Å²) in [6.45, 7) is 2.52. The van der Waals surface area contributed by atoms with E-state index in [1.807, 2.05) is 24.3 Å². The lowest BCUT2D eigenvalue weighted by molar-refractivity contribution is 0.0275.